The molecule has 0 bridgehead atoms. The number of furan rings is 1. The monoisotopic (exact) mass is 369 g/mol. The van der Waals surface area contributed by atoms with Crippen LogP contribution in [-0.4, -0.2) is 27.1 Å². The van der Waals surface area contributed by atoms with Crippen LogP contribution in [0.1, 0.15) is 42.3 Å². The van der Waals surface area contributed by atoms with E-state index >= 15 is 0 Å². The maximum atomic E-state index is 5.87. The van der Waals surface area contributed by atoms with Crippen molar-refractivity contribution in [1.82, 2.24) is 14.8 Å². The molecule has 0 atom stereocenters. The fourth-order valence-corrected chi connectivity index (χ4v) is 3.74. The molecule has 0 spiro atoms. The Hall–Kier alpha value is -2.21. The second-order valence-electron chi connectivity index (χ2n) is 6.60. The minimum Gasteiger partial charge on any atom is -0.493 e. The van der Waals surface area contributed by atoms with Crippen molar-refractivity contribution < 1.29 is 9.15 Å². The third kappa shape index (κ3) is 4.12. The van der Waals surface area contributed by atoms with Gasteiger partial charge in [-0.2, -0.15) is 0 Å². The van der Waals surface area contributed by atoms with E-state index in [0.717, 1.165) is 34.7 Å². The molecule has 4 rings (SSSR count). The molecule has 0 N–H and O–H groups in total. The lowest BCUT2D eigenvalue weighted by Gasteiger charge is -2.09. The van der Waals surface area contributed by atoms with Gasteiger partial charge in [-0.25, -0.2) is 0 Å². The Morgan fingerprint density at radius 1 is 1.19 bits per heavy atom. The Bertz CT molecular complexity index is 841. The molecule has 1 aliphatic carbocycles. The molecule has 1 aromatic carbocycles. The van der Waals surface area contributed by atoms with E-state index in [1.807, 2.05) is 30.3 Å². The van der Waals surface area contributed by atoms with Crippen LogP contribution in [0.3, 0.4) is 0 Å². The van der Waals surface area contributed by atoms with Crippen LogP contribution in [-0.2, 0) is 6.54 Å². The van der Waals surface area contributed by atoms with Crippen LogP contribution in [0.25, 0.3) is 0 Å². The standard InChI is InChI=1S/C20H23N3O2S/c1-15-6-2-3-8-18(15)25-12-5-13-26-20-22-21-19(16-9-10-16)23(20)14-17-7-4-11-24-17/h2-4,6-8,11,16H,5,9-10,12-14H2,1H3. The van der Waals surface area contributed by atoms with Crippen LogP contribution >= 0.6 is 11.8 Å². The first kappa shape index (κ1) is 17.2. The number of hydrogen-bond acceptors (Lipinski definition) is 5. The molecule has 2 aromatic heterocycles. The van der Waals surface area contributed by atoms with Gasteiger partial charge in [0.15, 0.2) is 5.16 Å². The van der Waals surface area contributed by atoms with Gasteiger partial charge in [0, 0.05) is 11.7 Å². The fraction of sp³-hybridized carbons (Fsp3) is 0.400. The number of benzene rings is 1. The molecule has 0 unspecified atom stereocenters. The molecule has 1 saturated carbocycles. The topological polar surface area (TPSA) is 53.1 Å². The third-order valence-electron chi connectivity index (χ3n) is 4.45. The predicted octanol–water partition coefficient (Wildman–Crippen LogP) is 4.67. The lowest BCUT2D eigenvalue weighted by molar-refractivity contribution is 0.316. The van der Waals surface area contributed by atoms with Gasteiger partial charge in [-0.1, -0.05) is 30.0 Å². The number of rotatable bonds is 9. The fourth-order valence-electron chi connectivity index (χ4n) is 2.88. The summed E-state index contributed by atoms with van der Waals surface area (Å²) in [6.45, 7) is 3.48. The molecule has 26 heavy (non-hydrogen) atoms. The summed E-state index contributed by atoms with van der Waals surface area (Å²) in [5.74, 6) is 4.52. The molecule has 136 valence electrons. The van der Waals surface area contributed by atoms with Crippen LogP contribution in [0.15, 0.2) is 52.2 Å². The SMILES string of the molecule is Cc1ccccc1OCCCSc1nnc(C2CC2)n1Cc1ccco1. The van der Waals surface area contributed by atoms with Gasteiger partial charge >= 0.3 is 0 Å². The van der Waals surface area contributed by atoms with E-state index in [0.29, 0.717) is 19.1 Å². The average molecular weight is 369 g/mol. The Morgan fingerprint density at radius 3 is 2.85 bits per heavy atom. The van der Waals surface area contributed by atoms with E-state index in [4.69, 9.17) is 9.15 Å². The van der Waals surface area contributed by atoms with Gasteiger partial charge in [0.1, 0.15) is 17.3 Å². The number of para-hydroxylation sites is 1. The van der Waals surface area contributed by atoms with Crippen molar-refractivity contribution in [2.24, 2.45) is 0 Å². The summed E-state index contributed by atoms with van der Waals surface area (Å²) in [6.07, 6.45) is 5.11. The molecule has 0 amide bonds. The van der Waals surface area contributed by atoms with Crippen molar-refractivity contribution in [3.63, 3.8) is 0 Å². The molecular formula is C20H23N3O2S. The first-order chi connectivity index (χ1) is 12.8. The van der Waals surface area contributed by atoms with Crippen LogP contribution < -0.4 is 4.74 Å². The first-order valence-corrected chi connectivity index (χ1v) is 10.1. The van der Waals surface area contributed by atoms with Gasteiger partial charge in [-0.3, -0.25) is 4.57 Å². The van der Waals surface area contributed by atoms with E-state index in [1.54, 1.807) is 18.0 Å². The van der Waals surface area contributed by atoms with Gasteiger partial charge in [-0.05, 0) is 49.9 Å². The van der Waals surface area contributed by atoms with E-state index in [2.05, 4.69) is 27.8 Å². The zero-order valence-electron chi connectivity index (χ0n) is 14.9. The summed E-state index contributed by atoms with van der Waals surface area (Å²) >= 11 is 1.74. The van der Waals surface area contributed by atoms with E-state index in [-0.39, 0.29) is 0 Å². The van der Waals surface area contributed by atoms with Crippen molar-refractivity contribution in [1.29, 1.82) is 0 Å². The quantitative estimate of drug-likeness (QED) is 0.405. The van der Waals surface area contributed by atoms with Crippen molar-refractivity contribution in [2.75, 3.05) is 12.4 Å². The normalized spacial score (nSPS) is 13.9. The van der Waals surface area contributed by atoms with Gasteiger partial charge in [0.05, 0.1) is 19.4 Å². The molecule has 0 saturated heterocycles. The molecule has 2 heterocycles. The minimum atomic E-state index is 0.566. The van der Waals surface area contributed by atoms with Crippen molar-refractivity contribution in [3.05, 3.63) is 59.8 Å². The second-order valence-corrected chi connectivity index (χ2v) is 7.66. The van der Waals surface area contributed by atoms with Gasteiger partial charge < -0.3 is 9.15 Å². The average Bonchev–Trinajstić information content (AvgIpc) is 3.21. The Balaban J connectivity index is 1.32. The van der Waals surface area contributed by atoms with E-state index in [9.17, 15) is 0 Å². The van der Waals surface area contributed by atoms with Crippen molar-refractivity contribution in [2.45, 2.75) is 43.8 Å². The number of nitrogens with zero attached hydrogens (tertiary/aromatic N) is 3. The smallest absolute Gasteiger partial charge is 0.191 e. The molecule has 1 fully saturated rings. The minimum absolute atomic E-state index is 0.566. The highest BCUT2D eigenvalue weighted by molar-refractivity contribution is 7.99. The number of ether oxygens (including phenoxy) is 1. The second kappa shape index (κ2) is 7.99. The summed E-state index contributed by atoms with van der Waals surface area (Å²) in [7, 11) is 0. The molecule has 1 aliphatic rings. The van der Waals surface area contributed by atoms with Crippen molar-refractivity contribution >= 4 is 11.8 Å². The summed E-state index contributed by atoms with van der Waals surface area (Å²) in [4.78, 5) is 0. The molecule has 0 aliphatic heterocycles. The van der Waals surface area contributed by atoms with E-state index in [1.165, 1.54) is 18.4 Å². The number of aryl methyl sites for hydroxylation is 1. The highest BCUT2D eigenvalue weighted by atomic mass is 32.2. The Kier molecular flexibility index (Phi) is 5.29. The van der Waals surface area contributed by atoms with E-state index < -0.39 is 0 Å². The zero-order chi connectivity index (χ0) is 17.8. The largest absolute Gasteiger partial charge is 0.493 e. The first-order valence-electron chi connectivity index (χ1n) is 9.08. The summed E-state index contributed by atoms with van der Waals surface area (Å²) < 4.78 is 13.6. The lowest BCUT2D eigenvalue weighted by atomic mass is 10.2. The molecule has 0 radical (unpaired) electrons. The summed E-state index contributed by atoms with van der Waals surface area (Å²) in [5, 5.41) is 9.83. The molecule has 3 aromatic rings. The highest BCUT2D eigenvalue weighted by Crippen LogP contribution is 2.40. The predicted molar refractivity (Wildman–Crippen MR) is 102 cm³/mol. The number of thioether (sulfide) groups is 1. The molecule has 6 heteroatoms. The van der Waals surface area contributed by atoms with Crippen LogP contribution in [0.4, 0.5) is 0 Å². The van der Waals surface area contributed by atoms with Gasteiger partial charge in [0.25, 0.3) is 0 Å². The van der Waals surface area contributed by atoms with Crippen LogP contribution in [0.5, 0.6) is 5.75 Å². The zero-order valence-corrected chi connectivity index (χ0v) is 15.7. The molecule has 5 nitrogen and oxygen atoms in total. The van der Waals surface area contributed by atoms with Gasteiger partial charge in [-0.15, -0.1) is 10.2 Å². The Morgan fingerprint density at radius 2 is 2.08 bits per heavy atom. The van der Waals surface area contributed by atoms with Gasteiger partial charge in [0.2, 0.25) is 0 Å². The third-order valence-corrected chi connectivity index (χ3v) is 5.51. The number of aromatic nitrogens is 3. The summed E-state index contributed by atoms with van der Waals surface area (Å²) in [5.41, 5.74) is 1.17. The maximum absolute atomic E-state index is 5.87. The molecular weight excluding hydrogens is 346 g/mol. The Labute approximate surface area is 157 Å². The number of hydrogen-bond donors (Lipinski definition) is 0. The lowest BCUT2D eigenvalue weighted by Crippen LogP contribution is -2.06. The summed E-state index contributed by atoms with van der Waals surface area (Å²) in [6, 6.07) is 12.0. The highest BCUT2D eigenvalue weighted by Gasteiger charge is 2.30. The van der Waals surface area contributed by atoms with Crippen LogP contribution in [0, 0.1) is 6.92 Å². The van der Waals surface area contributed by atoms with Crippen molar-refractivity contribution in [3.8, 4) is 5.75 Å². The van der Waals surface area contributed by atoms with Crippen LogP contribution in [0.2, 0.25) is 0 Å². The maximum Gasteiger partial charge on any atom is 0.191 e.